The van der Waals surface area contributed by atoms with Crippen LogP contribution in [0.2, 0.25) is 0 Å². The van der Waals surface area contributed by atoms with E-state index in [1.54, 1.807) is 52.1 Å². The molecule has 0 saturated heterocycles. The molecule has 1 amide bonds. The quantitative estimate of drug-likeness (QED) is 0.802. The number of anilines is 1. The van der Waals surface area contributed by atoms with E-state index >= 15 is 0 Å². The van der Waals surface area contributed by atoms with E-state index in [9.17, 15) is 14.4 Å². The van der Waals surface area contributed by atoms with Crippen LogP contribution < -0.4 is 10.1 Å². The Bertz CT molecular complexity index is 787. The van der Waals surface area contributed by atoms with Gasteiger partial charge in [0, 0.05) is 40.5 Å². The number of nitrogens with one attached hydrogen (secondary N) is 1. The molecule has 1 aromatic rings. The molecule has 1 aromatic carbocycles. The maximum Gasteiger partial charge on any atom is 0.224 e. The van der Waals surface area contributed by atoms with Crippen LogP contribution in [0.5, 0.6) is 5.75 Å². The molecular formula is C20H23NO4. The summed E-state index contributed by atoms with van der Waals surface area (Å²) >= 11 is 0. The summed E-state index contributed by atoms with van der Waals surface area (Å²) in [5.74, 6) is 0.378. The lowest BCUT2D eigenvalue weighted by Gasteiger charge is -2.18. The van der Waals surface area contributed by atoms with E-state index in [-0.39, 0.29) is 23.9 Å². The maximum absolute atomic E-state index is 12.3. The summed E-state index contributed by atoms with van der Waals surface area (Å²) in [6, 6.07) is 7.12. The van der Waals surface area contributed by atoms with Crippen molar-refractivity contribution in [3.8, 4) is 5.75 Å². The molecule has 132 valence electrons. The summed E-state index contributed by atoms with van der Waals surface area (Å²) < 4.78 is 5.12. The molecule has 0 saturated carbocycles. The van der Waals surface area contributed by atoms with Gasteiger partial charge in [0.25, 0.3) is 0 Å². The molecule has 0 radical (unpaired) electrons. The Morgan fingerprint density at radius 1 is 1.04 bits per heavy atom. The minimum atomic E-state index is -0.135. The minimum Gasteiger partial charge on any atom is -0.497 e. The zero-order valence-electron chi connectivity index (χ0n) is 15.1. The Hall–Kier alpha value is -2.69. The van der Waals surface area contributed by atoms with Crippen LogP contribution in [-0.4, -0.2) is 24.6 Å². The van der Waals surface area contributed by atoms with Gasteiger partial charge in [-0.05, 0) is 45.7 Å². The van der Waals surface area contributed by atoms with Gasteiger partial charge in [0.05, 0.1) is 7.11 Å². The maximum atomic E-state index is 12.3. The van der Waals surface area contributed by atoms with Crippen molar-refractivity contribution in [1.29, 1.82) is 0 Å². The van der Waals surface area contributed by atoms with Gasteiger partial charge in [-0.15, -0.1) is 0 Å². The second-order valence-electron chi connectivity index (χ2n) is 6.15. The lowest BCUT2D eigenvalue weighted by Crippen LogP contribution is -2.21. The third kappa shape index (κ3) is 4.24. The van der Waals surface area contributed by atoms with Crippen LogP contribution in [-0.2, 0) is 14.4 Å². The topological polar surface area (TPSA) is 72.5 Å². The van der Waals surface area contributed by atoms with Gasteiger partial charge in [-0.1, -0.05) is 6.07 Å². The highest BCUT2D eigenvalue weighted by atomic mass is 16.5. The van der Waals surface area contributed by atoms with Crippen LogP contribution in [0.25, 0.3) is 0 Å². The molecule has 0 aliphatic heterocycles. The molecule has 5 heteroatoms. The number of carbonyl (C=O) groups excluding carboxylic acids is 3. The molecule has 0 atom stereocenters. The van der Waals surface area contributed by atoms with Crippen molar-refractivity contribution in [3.05, 3.63) is 46.6 Å². The molecule has 0 spiro atoms. The third-order valence-corrected chi connectivity index (χ3v) is 4.50. The number of ether oxygens (including phenoxy) is 1. The summed E-state index contributed by atoms with van der Waals surface area (Å²) in [6.45, 7) is 5.04. The molecule has 5 nitrogen and oxygen atoms in total. The third-order valence-electron chi connectivity index (χ3n) is 4.50. The molecule has 0 unspecified atom stereocenters. The van der Waals surface area contributed by atoms with Crippen molar-refractivity contribution in [1.82, 2.24) is 0 Å². The number of ketones is 2. The Labute approximate surface area is 147 Å². The van der Waals surface area contributed by atoms with Crippen molar-refractivity contribution in [2.24, 2.45) is 0 Å². The van der Waals surface area contributed by atoms with E-state index in [1.165, 1.54) is 0 Å². The number of benzene rings is 1. The molecule has 1 aliphatic rings. The Morgan fingerprint density at radius 3 is 2.40 bits per heavy atom. The lowest BCUT2D eigenvalue weighted by molar-refractivity contribution is -0.117. The Kier molecular flexibility index (Phi) is 5.91. The fraction of sp³-hybridized carbons (Fsp3) is 0.350. The SMILES string of the molecule is COc1cccc(NC(=O)CCCC2=C(C)C(=O)C(C)=C(C)C2=O)c1. The van der Waals surface area contributed by atoms with Gasteiger partial charge in [0.15, 0.2) is 11.6 Å². The summed E-state index contributed by atoms with van der Waals surface area (Å²) in [4.78, 5) is 36.5. The average molecular weight is 341 g/mol. The second kappa shape index (κ2) is 7.92. The highest BCUT2D eigenvalue weighted by Gasteiger charge is 2.27. The normalized spacial score (nSPS) is 14.9. The molecule has 1 aliphatic carbocycles. The van der Waals surface area contributed by atoms with Gasteiger partial charge in [0.2, 0.25) is 5.91 Å². The van der Waals surface area contributed by atoms with Crippen LogP contribution in [0.4, 0.5) is 5.69 Å². The standard InChI is InChI=1S/C20H23NO4/c1-12-13(2)20(24)17(14(3)19(12)23)9-6-10-18(22)21-15-7-5-8-16(11-15)25-4/h5,7-8,11H,6,9-10H2,1-4H3,(H,21,22). The summed E-state index contributed by atoms with van der Waals surface area (Å²) in [5, 5.41) is 2.81. The van der Waals surface area contributed by atoms with Crippen LogP contribution in [0.3, 0.4) is 0 Å². The summed E-state index contributed by atoms with van der Waals surface area (Å²) in [5.41, 5.74) is 2.72. The van der Waals surface area contributed by atoms with Gasteiger partial charge < -0.3 is 10.1 Å². The average Bonchev–Trinajstić information content (AvgIpc) is 2.61. The number of carbonyl (C=O) groups is 3. The second-order valence-corrected chi connectivity index (χ2v) is 6.15. The molecule has 25 heavy (non-hydrogen) atoms. The van der Waals surface area contributed by atoms with Gasteiger partial charge in [-0.25, -0.2) is 0 Å². The first-order valence-electron chi connectivity index (χ1n) is 8.25. The molecule has 1 N–H and O–H groups in total. The van der Waals surface area contributed by atoms with Crippen molar-refractivity contribution in [3.63, 3.8) is 0 Å². The van der Waals surface area contributed by atoms with Crippen molar-refractivity contribution in [2.45, 2.75) is 40.0 Å². The van der Waals surface area contributed by atoms with Crippen LogP contribution in [0.1, 0.15) is 40.0 Å². The number of hydrogen-bond donors (Lipinski definition) is 1. The number of Topliss-reactive ketones (excluding diaryl/α,β-unsaturated/α-hetero) is 2. The fourth-order valence-corrected chi connectivity index (χ4v) is 2.81. The smallest absolute Gasteiger partial charge is 0.224 e. The van der Waals surface area contributed by atoms with Crippen molar-refractivity contribution in [2.75, 3.05) is 12.4 Å². The zero-order chi connectivity index (χ0) is 18.6. The van der Waals surface area contributed by atoms with Crippen LogP contribution in [0.15, 0.2) is 46.6 Å². The predicted molar refractivity (Wildman–Crippen MR) is 96.6 cm³/mol. The first-order valence-corrected chi connectivity index (χ1v) is 8.25. The van der Waals surface area contributed by atoms with Gasteiger partial charge in [-0.3, -0.25) is 14.4 Å². The van der Waals surface area contributed by atoms with E-state index in [4.69, 9.17) is 4.74 Å². The van der Waals surface area contributed by atoms with Gasteiger partial charge in [0.1, 0.15) is 5.75 Å². The predicted octanol–water partition coefficient (Wildman–Crippen LogP) is 3.61. The van der Waals surface area contributed by atoms with E-state index < -0.39 is 0 Å². The molecule has 0 heterocycles. The van der Waals surface area contributed by atoms with E-state index in [1.807, 2.05) is 0 Å². The van der Waals surface area contributed by atoms with Crippen LogP contribution >= 0.6 is 0 Å². The van der Waals surface area contributed by atoms with E-state index in [0.717, 1.165) is 0 Å². The molecule has 0 bridgehead atoms. The van der Waals surface area contributed by atoms with Crippen molar-refractivity contribution >= 4 is 23.2 Å². The monoisotopic (exact) mass is 341 g/mol. The number of amides is 1. The Balaban J connectivity index is 1.93. The molecular weight excluding hydrogens is 318 g/mol. The van der Waals surface area contributed by atoms with Gasteiger partial charge >= 0.3 is 0 Å². The van der Waals surface area contributed by atoms with Crippen molar-refractivity contribution < 1.29 is 19.1 Å². The fourth-order valence-electron chi connectivity index (χ4n) is 2.81. The highest BCUT2D eigenvalue weighted by molar-refractivity contribution is 6.24. The number of hydrogen-bond acceptors (Lipinski definition) is 4. The summed E-state index contributed by atoms with van der Waals surface area (Å²) in [6.07, 6.45) is 1.21. The van der Waals surface area contributed by atoms with E-state index in [0.29, 0.717) is 46.6 Å². The highest BCUT2D eigenvalue weighted by Crippen LogP contribution is 2.27. The number of methoxy groups -OCH3 is 1. The van der Waals surface area contributed by atoms with Gasteiger partial charge in [-0.2, -0.15) is 0 Å². The number of rotatable bonds is 6. The minimum absolute atomic E-state index is 0.0760. The summed E-state index contributed by atoms with van der Waals surface area (Å²) in [7, 11) is 1.57. The van der Waals surface area contributed by atoms with Crippen LogP contribution in [0, 0.1) is 0 Å². The first-order chi connectivity index (χ1) is 11.8. The molecule has 2 rings (SSSR count). The first kappa shape index (κ1) is 18.6. The lowest BCUT2D eigenvalue weighted by atomic mass is 9.84. The zero-order valence-corrected chi connectivity index (χ0v) is 15.1. The molecule has 0 fully saturated rings. The number of allylic oxidation sites excluding steroid dienone is 4. The Morgan fingerprint density at radius 2 is 1.72 bits per heavy atom. The largest absolute Gasteiger partial charge is 0.497 e. The molecule has 0 aromatic heterocycles. The van der Waals surface area contributed by atoms with E-state index in [2.05, 4.69) is 5.32 Å².